The van der Waals surface area contributed by atoms with Crippen LogP contribution in [0.4, 0.5) is 11.5 Å². The summed E-state index contributed by atoms with van der Waals surface area (Å²) in [6, 6.07) is 7.85. The smallest absolute Gasteiger partial charge is 0.251 e. The molecule has 4 heterocycles. The number of aromatic nitrogens is 6. The van der Waals surface area contributed by atoms with Crippen molar-refractivity contribution in [3.8, 4) is 11.3 Å². The number of amides is 1. The Hall–Kier alpha value is -3.79. The number of fused-ring (bicyclic) bond motifs is 1. The van der Waals surface area contributed by atoms with E-state index in [9.17, 15) is 4.79 Å². The molecule has 4 N–H and O–H groups in total. The van der Waals surface area contributed by atoms with Gasteiger partial charge in [0.05, 0.1) is 18.1 Å². The number of rotatable bonds is 7. The molecule has 2 atom stereocenters. The standard InChI is InChI=1S/C22H25N9O/c1-2-17(18-4-3-9-23-18)30-22(32)14-5-7-16(8-6-14)29-20-21-25-13-28-31(21)19(12-24-20)15-10-26-27-11-15/h5-8,10-13,17-18,23H,2-4,9H2,1H3,(H,24,29)(H,26,27)(H,30,32)/t17-,18?/m0/s1. The molecule has 0 bridgehead atoms. The molecule has 0 saturated carbocycles. The van der Waals surface area contributed by atoms with Crippen LogP contribution in [0, 0.1) is 0 Å². The Morgan fingerprint density at radius 1 is 1.25 bits per heavy atom. The Labute approximate surface area is 184 Å². The third-order valence-corrected chi connectivity index (χ3v) is 5.85. The Morgan fingerprint density at radius 3 is 2.84 bits per heavy atom. The number of carbonyl (C=O) groups is 1. The van der Waals surface area contributed by atoms with Crippen molar-refractivity contribution in [2.24, 2.45) is 0 Å². The van der Waals surface area contributed by atoms with E-state index in [-0.39, 0.29) is 11.9 Å². The molecule has 4 aromatic rings. The van der Waals surface area contributed by atoms with Crippen molar-refractivity contribution >= 4 is 23.1 Å². The summed E-state index contributed by atoms with van der Waals surface area (Å²) >= 11 is 0. The van der Waals surface area contributed by atoms with Gasteiger partial charge in [-0.05, 0) is 50.1 Å². The van der Waals surface area contributed by atoms with Crippen molar-refractivity contribution in [1.29, 1.82) is 0 Å². The lowest BCUT2D eigenvalue weighted by Gasteiger charge is -2.23. The van der Waals surface area contributed by atoms with Gasteiger partial charge >= 0.3 is 0 Å². The molecular weight excluding hydrogens is 406 g/mol. The zero-order valence-electron chi connectivity index (χ0n) is 17.7. The molecule has 0 spiro atoms. The van der Waals surface area contributed by atoms with E-state index in [1.54, 1.807) is 23.1 Å². The summed E-state index contributed by atoms with van der Waals surface area (Å²) < 4.78 is 1.71. The Kier molecular flexibility index (Phi) is 5.51. The Morgan fingerprint density at radius 2 is 2.12 bits per heavy atom. The van der Waals surface area contributed by atoms with Gasteiger partial charge in [-0.1, -0.05) is 6.92 Å². The molecule has 1 aromatic carbocycles. The molecule has 0 radical (unpaired) electrons. The lowest BCUT2D eigenvalue weighted by Crippen LogP contribution is -2.47. The first kappa shape index (κ1) is 20.1. The second-order valence-electron chi connectivity index (χ2n) is 7.87. The zero-order valence-corrected chi connectivity index (χ0v) is 17.7. The van der Waals surface area contributed by atoms with Gasteiger partial charge in [-0.2, -0.15) is 10.2 Å². The van der Waals surface area contributed by atoms with Gasteiger partial charge in [-0.3, -0.25) is 9.89 Å². The van der Waals surface area contributed by atoms with E-state index < -0.39 is 0 Å². The molecule has 32 heavy (non-hydrogen) atoms. The largest absolute Gasteiger partial charge is 0.348 e. The van der Waals surface area contributed by atoms with Crippen LogP contribution in [0.2, 0.25) is 0 Å². The quantitative estimate of drug-likeness (QED) is 0.354. The van der Waals surface area contributed by atoms with Crippen LogP contribution in [-0.4, -0.2) is 54.3 Å². The maximum absolute atomic E-state index is 12.7. The van der Waals surface area contributed by atoms with Crippen molar-refractivity contribution in [1.82, 2.24) is 40.4 Å². The predicted molar refractivity (Wildman–Crippen MR) is 121 cm³/mol. The molecule has 1 aliphatic heterocycles. The summed E-state index contributed by atoms with van der Waals surface area (Å²) in [5, 5.41) is 21.0. The van der Waals surface area contributed by atoms with E-state index in [0.717, 1.165) is 42.8 Å². The Bertz CT molecular complexity index is 1190. The Balaban J connectivity index is 1.31. The molecule has 3 aromatic heterocycles. The van der Waals surface area contributed by atoms with Crippen LogP contribution in [0.3, 0.4) is 0 Å². The van der Waals surface area contributed by atoms with E-state index in [1.165, 1.54) is 6.33 Å². The van der Waals surface area contributed by atoms with E-state index >= 15 is 0 Å². The number of hydrogen-bond donors (Lipinski definition) is 4. The number of nitrogens with zero attached hydrogens (tertiary/aromatic N) is 5. The highest BCUT2D eigenvalue weighted by Gasteiger charge is 2.24. The maximum Gasteiger partial charge on any atom is 0.251 e. The second kappa shape index (κ2) is 8.75. The van der Waals surface area contributed by atoms with Crippen molar-refractivity contribution in [3.63, 3.8) is 0 Å². The average Bonchev–Trinajstić information content (AvgIpc) is 3.60. The van der Waals surface area contributed by atoms with Crippen LogP contribution in [0.1, 0.15) is 36.5 Å². The average molecular weight is 432 g/mol. The number of aromatic amines is 1. The summed E-state index contributed by atoms with van der Waals surface area (Å²) in [7, 11) is 0. The number of carbonyl (C=O) groups excluding carboxylic acids is 1. The lowest BCUT2D eigenvalue weighted by molar-refractivity contribution is 0.0927. The fourth-order valence-electron chi connectivity index (χ4n) is 4.13. The van der Waals surface area contributed by atoms with E-state index in [4.69, 9.17) is 0 Å². The fourth-order valence-corrected chi connectivity index (χ4v) is 4.13. The monoisotopic (exact) mass is 431 g/mol. The van der Waals surface area contributed by atoms with Crippen LogP contribution in [0.5, 0.6) is 0 Å². The summed E-state index contributed by atoms with van der Waals surface area (Å²) in [4.78, 5) is 21.6. The van der Waals surface area contributed by atoms with Gasteiger partial charge in [-0.15, -0.1) is 0 Å². The molecule has 5 rings (SSSR count). The SMILES string of the molecule is CC[C@H](NC(=O)c1ccc(Nc2ncc(-c3cn[nH]c3)n3ncnc23)cc1)C1CCCN1. The van der Waals surface area contributed by atoms with Crippen molar-refractivity contribution in [2.45, 2.75) is 38.3 Å². The molecule has 0 aliphatic carbocycles. The van der Waals surface area contributed by atoms with Gasteiger partial charge in [0.15, 0.2) is 11.5 Å². The fraction of sp³-hybridized carbons (Fsp3) is 0.318. The van der Waals surface area contributed by atoms with Crippen LogP contribution in [0.15, 0.2) is 49.2 Å². The van der Waals surface area contributed by atoms with Crippen LogP contribution >= 0.6 is 0 Å². The molecule has 1 fully saturated rings. The molecule has 1 amide bonds. The molecule has 10 heteroatoms. The molecule has 1 saturated heterocycles. The first-order valence-corrected chi connectivity index (χ1v) is 10.8. The molecule has 164 valence electrons. The van der Waals surface area contributed by atoms with E-state index in [1.807, 2.05) is 24.3 Å². The number of benzene rings is 1. The third kappa shape index (κ3) is 3.92. The first-order valence-electron chi connectivity index (χ1n) is 10.8. The van der Waals surface area contributed by atoms with Gasteiger partial charge in [0.25, 0.3) is 5.91 Å². The van der Waals surface area contributed by atoms with E-state index in [0.29, 0.717) is 23.1 Å². The molecule has 10 nitrogen and oxygen atoms in total. The van der Waals surface area contributed by atoms with E-state index in [2.05, 4.69) is 48.1 Å². The van der Waals surface area contributed by atoms with Crippen molar-refractivity contribution in [3.05, 3.63) is 54.7 Å². The molecule has 1 aliphatic rings. The zero-order chi connectivity index (χ0) is 21.9. The van der Waals surface area contributed by atoms with Crippen LogP contribution in [0.25, 0.3) is 16.9 Å². The van der Waals surface area contributed by atoms with Crippen molar-refractivity contribution in [2.75, 3.05) is 11.9 Å². The van der Waals surface area contributed by atoms with Gasteiger partial charge in [-0.25, -0.2) is 14.5 Å². The third-order valence-electron chi connectivity index (χ3n) is 5.85. The highest BCUT2D eigenvalue weighted by Crippen LogP contribution is 2.24. The minimum Gasteiger partial charge on any atom is -0.348 e. The highest BCUT2D eigenvalue weighted by atomic mass is 16.1. The lowest BCUT2D eigenvalue weighted by atomic mass is 10.0. The summed E-state index contributed by atoms with van der Waals surface area (Å²) in [5.74, 6) is 0.518. The van der Waals surface area contributed by atoms with Crippen LogP contribution < -0.4 is 16.0 Å². The van der Waals surface area contributed by atoms with Gasteiger partial charge in [0, 0.05) is 35.1 Å². The number of hydrogen-bond acceptors (Lipinski definition) is 7. The highest BCUT2D eigenvalue weighted by molar-refractivity contribution is 5.94. The predicted octanol–water partition coefficient (Wildman–Crippen LogP) is 2.52. The minimum absolute atomic E-state index is 0.0560. The maximum atomic E-state index is 12.7. The number of nitrogens with one attached hydrogen (secondary N) is 4. The van der Waals surface area contributed by atoms with Gasteiger partial charge in [0.2, 0.25) is 0 Å². The summed E-state index contributed by atoms with van der Waals surface area (Å²) in [6.45, 7) is 3.13. The van der Waals surface area contributed by atoms with Crippen molar-refractivity contribution < 1.29 is 4.79 Å². The molecule has 1 unspecified atom stereocenters. The number of anilines is 2. The topological polar surface area (TPSA) is 125 Å². The first-order chi connectivity index (χ1) is 15.7. The molecular formula is C22H25N9O. The number of H-pyrrole nitrogens is 1. The second-order valence-corrected chi connectivity index (χ2v) is 7.87. The van der Waals surface area contributed by atoms with Gasteiger partial charge in [0.1, 0.15) is 6.33 Å². The van der Waals surface area contributed by atoms with Gasteiger partial charge < -0.3 is 16.0 Å². The minimum atomic E-state index is -0.0560. The summed E-state index contributed by atoms with van der Waals surface area (Å²) in [6.07, 6.45) is 9.86. The normalized spacial score (nSPS) is 16.8. The summed E-state index contributed by atoms with van der Waals surface area (Å²) in [5.41, 5.74) is 3.68. The van der Waals surface area contributed by atoms with Crippen LogP contribution in [-0.2, 0) is 0 Å².